The molecule has 2 aromatic heterocycles. The van der Waals surface area contributed by atoms with Crippen molar-refractivity contribution >= 4 is 54.3 Å². The average molecular weight is 381 g/mol. The number of carbonyl (C=O) groups is 1. The minimum Gasteiger partial charge on any atom is -0.348 e. The molecule has 1 saturated carbocycles. The van der Waals surface area contributed by atoms with Crippen LogP contribution in [0.1, 0.15) is 32.1 Å². The van der Waals surface area contributed by atoms with Gasteiger partial charge in [0, 0.05) is 25.2 Å². The van der Waals surface area contributed by atoms with Crippen molar-refractivity contribution in [1.29, 1.82) is 0 Å². The Balaban J connectivity index is 1.69. The number of hydrogen-bond acceptors (Lipinski definition) is 5. The van der Waals surface area contributed by atoms with Crippen molar-refractivity contribution < 1.29 is 4.79 Å². The van der Waals surface area contributed by atoms with Crippen molar-refractivity contribution in [2.45, 2.75) is 32.1 Å². The molecule has 0 radical (unpaired) electrons. The van der Waals surface area contributed by atoms with E-state index in [2.05, 4.69) is 31.1 Å². The summed E-state index contributed by atoms with van der Waals surface area (Å²) in [6.07, 6.45) is 7.46. The van der Waals surface area contributed by atoms with Gasteiger partial charge in [0.15, 0.2) is 10.9 Å². The zero-order valence-corrected chi connectivity index (χ0v) is 14.5. The first-order valence-corrected chi connectivity index (χ1v) is 9.34. The zero-order chi connectivity index (χ0) is 15.1. The topological polar surface area (TPSA) is 58.1 Å². The number of nitrogens with zero attached hydrogens (tertiary/aromatic N) is 3. The van der Waals surface area contributed by atoms with Gasteiger partial charge in [-0.05, 0) is 48.0 Å². The lowest BCUT2D eigenvalue weighted by molar-refractivity contribution is -0.117. The SMILES string of the molecule is O=C(Nc1ncc(Br)c2nc(N3CCCCC3)sc12)C1CC1. The van der Waals surface area contributed by atoms with Crippen LogP contribution >= 0.6 is 27.3 Å². The third-order valence-electron chi connectivity index (χ3n) is 4.18. The van der Waals surface area contributed by atoms with Crippen molar-refractivity contribution in [2.75, 3.05) is 23.3 Å². The normalized spacial score (nSPS) is 18.7. The highest BCUT2D eigenvalue weighted by atomic mass is 79.9. The van der Waals surface area contributed by atoms with Gasteiger partial charge in [-0.15, -0.1) is 0 Å². The Morgan fingerprint density at radius 3 is 2.82 bits per heavy atom. The predicted octanol–water partition coefficient (Wildman–Crippen LogP) is 3.79. The molecule has 3 heterocycles. The van der Waals surface area contributed by atoms with Crippen LogP contribution < -0.4 is 10.2 Å². The maximum atomic E-state index is 12.0. The molecule has 1 amide bonds. The second-order valence-corrected chi connectivity index (χ2v) is 7.77. The van der Waals surface area contributed by atoms with Crippen LogP contribution in [0.3, 0.4) is 0 Å². The highest BCUT2D eigenvalue weighted by molar-refractivity contribution is 9.10. The minimum absolute atomic E-state index is 0.0871. The molecule has 1 aliphatic carbocycles. The highest BCUT2D eigenvalue weighted by Gasteiger charge is 2.30. The number of carbonyl (C=O) groups excluding carboxylic acids is 1. The van der Waals surface area contributed by atoms with E-state index in [9.17, 15) is 4.79 Å². The Hall–Kier alpha value is -1.21. The summed E-state index contributed by atoms with van der Waals surface area (Å²) in [5.74, 6) is 0.912. The lowest BCUT2D eigenvalue weighted by Gasteiger charge is -2.25. The van der Waals surface area contributed by atoms with Crippen molar-refractivity contribution in [1.82, 2.24) is 9.97 Å². The average Bonchev–Trinajstić information content (AvgIpc) is 3.29. The summed E-state index contributed by atoms with van der Waals surface area (Å²) in [7, 11) is 0. The van der Waals surface area contributed by atoms with Crippen LogP contribution in [0, 0.1) is 5.92 Å². The quantitative estimate of drug-likeness (QED) is 0.879. The van der Waals surface area contributed by atoms with Crippen molar-refractivity contribution in [3.05, 3.63) is 10.7 Å². The molecule has 2 aromatic rings. The number of aromatic nitrogens is 2. The van der Waals surface area contributed by atoms with Gasteiger partial charge in [0.1, 0.15) is 10.2 Å². The molecule has 0 unspecified atom stereocenters. The van der Waals surface area contributed by atoms with Gasteiger partial charge < -0.3 is 10.2 Å². The smallest absolute Gasteiger partial charge is 0.228 e. The Morgan fingerprint density at radius 2 is 2.09 bits per heavy atom. The van der Waals surface area contributed by atoms with Gasteiger partial charge in [0.25, 0.3) is 0 Å². The molecular weight excluding hydrogens is 364 g/mol. The lowest BCUT2D eigenvalue weighted by atomic mass is 10.1. The maximum absolute atomic E-state index is 12.0. The number of halogens is 1. The van der Waals surface area contributed by atoms with Crippen LogP contribution in [-0.2, 0) is 4.79 Å². The van der Waals surface area contributed by atoms with Gasteiger partial charge in [-0.25, -0.2) is 9.97 Å². The summed E-state index contributed by atoms with van der Waals surface area (Å²) in [5.41, 5.74) is 0.895. The summed E-state index contributed by atoms with van der Waals surface area (Å²) in [5, 5.41) is 4.00. The summed E-state index contributed by atoms with van der Waals surface area (Å²) in [6.45, 7) is 2.13. The van der Waals surface area contributed by atoms with E-state index in [4.69, 9.17) is 4.98 Å². The maximum Gasteiger partial charge on any atom is 0.228 e. The molecule has 5 nitrogen and oxygen atoms in total. The molecule has 22 heavy (non-hydrogen) atoms. The first-order valence-electron chi connectivity index (χ1n) is 7.73. The number of amides is 1. The second kappa shape index (κ2) is 5.77. The Morgan fingerprint density at radius 1 is 1.32 bits per heavy atom. The van der Waals surface area contributed by atoms with Gasteiger partial charge in [0.05, 0.1) is 4.47 Å². The number of hydrogen-bond donors (Lipinski definition) is 1. The van der Waals surface area contributed by atoms with Crippen LogP contribution in [0.5, 0.6) is 0 Å². The van der Waals surface area contributed by atoms with E-state index in [1.54, 1.807) is 17.5 Å². The molecule has 4 rings (SSSR count). The summed E-state index contributed by atoms with van der Waals surface area (Å²) < 4.78 is 1.84. The van der Waals surface area contributed by atoms with E-state index < -0.39 is 0 Å². The van der Waals surface area contributed by atoms with Gasteiger partial charge in [-0.1, -0.05) is 11.3 Å². The molecule has 2 aliphatic rings. The number of thiazole rings is 1. The van der Waals surface area contributed by atoms with E-state index in [0.29, 0.717) is 5.82 Å². The van der Waals surface area contributed by atoms with Crippen molar-refractivity contribution in [2.24, 2.45) is 5.92 Å². The molecule has 0 bridgehead atoms. The Bertz CT molecular complexity index is 722. The summed E-state index contributed by atoms with van der Waals surface area (Å²) in [6, 6.07) is 0. The van der Waals surface area contributed by atoms with Crippen LogP contribution in [-0.4, -0.2) is 29.0 Å². The Labute approximate surface area is 141 Å². The Kier molecular flexibility index (Phi) is 3.78. The number of fused-ring (bicyclic) bond motifs is 1. The van der Waals surface area contributed by atoms with E-state index in [0.717, 1.165) is 45.8 Å². The van der Waals surface area contributed by atoms with Gasteiger partial charge in [0.2, 0.25) is 5.91 Å². The molecular formula is C15H17BrN4OS. The first kappa shape index (κ1) is 14.4. The van der Waals surface area contributed by atoms with Crippen LogP contribution in [0.4, 0.5) is 10.9 Å². The van der Waals surface area contributed by atoms with Gasteiger partial charge in [-0.3, -0.25) is 4.79 Å². The number of pyridine rings is 1. The monoisotopic (exact) mass is 380 g/mol. The third-order valence-corrected chi connectivity index (χ3v) is 5.88. The fourth-order valence-electron chi connectivity index (χ4n) is 2.75. The largest absolute Gasteiger partial charge is 0.348 e. The van der Waals surface area contributed by atoms with E-state index >= 15 is 0 Å². The van der Waals surface area contributed by atoms with E-state index in [-0.39, 0.29) is 11.8 Å². The zero-order valence-electron chi connectivity index (χ0n) is 12.1. The number of piperidine rings is 1. The molecule has 2 fully saturated rings. The summed E-state index contributed by atoms with van der Waals surface area (Å²) >= 11 is 5.15. The number of anilines is 2. The van der Waals surface area contributed by atoms with E-state index in [1.165, 1.54) is 19.3 Å². The highest BCUT2D eigenvalue weighted by Crippen LogP contribution is 2.38. The molecule has 116 valence electrons. The molecule has 0 spiro atoms. The van der Waals surface area contributed by atoms with Crippen molar-refractivity contribution in [3.8, 4) is 0 Å². The molecule has 7 heteroatoms. The van der Waals surface area contributed by atoms with Gasteiger partial charge >= 0.3 is 0 Å². The lowest BCUT2D eigenvalue weighted by Crippen LogP contribution is -2.29. The summed E-state index contributed by atoms with van der Waals surface area (Å²) in [4.78, 5) is 23.5. The number of nitrogens with one attached hydrogen (secondary N) is 1. The van der Waals surface area contributed by atoms with Gasteiger partial charge in [-0.2, -0.15) is 0 Å². The van der Waals surface area contributed by atoms with Crippen LogP contribution in [0.25, 0.3) is 10.2 Å². The molecule has 1 saturated heterocycles. The van der Waals surface area contributed by atoms with Crippen LogP contribution in [0.15, 0.2) is 10.7 Å². The molecule has 0 atom stereocenters. The van der Waals surface area contributed by atoms with E-state index in [1.807, 2.05) is 0 Å². The standard InChI is InChI=1S/C15H17BrN4OS/c16-10-8-17-13(19-14(21)9-4-5-9)12-11(10)18-15(22-12)20-6-2-1-3-7-20/h8-9H,1-7H2,(H,17,19,21). The molecule has 1 aliphatic heterocycles. The number of rotatable bonds is 3. The third kappa shape index (κ3) is 2.72. The minimum atomic E-state index is 0.0871. The molecule has 0 aromatic carbocycles. The van der Waals surface area contributed by atoms with Crippen molar-refractivity contribution in [3.63, 3.8) is 0 Å². The first-order chi connectivity index (χ1) is 10.7. The fourth-order valence-corrected chi connectivity index (χ4v) is 4.35. The molecule has 1 N–H and O–H groups in total. The fraction of sp³-hybridized carbons (Fsp3) is 0.533. The van der Waals surface area contributed by atoms with Crippen LogP contribution in [0.2, 0.25) is 0 Å². The predicted molar refractivity (Wildman–Crippen MR) is 92.5 cm³/mol. The second-order valence-electron chi connectivity index (χ2n) is 5.94.